The SMILES string of the molecule is CCOc1ccccc1OCCCCC1CCC(C)CC1. The summed E-state index contributed by atoms with van der Waals surface area (Å²) in [5.41, 5.74) is 0. The average molecular weight is 290 g/mol. The molecule has 0 aromatic heterocycles. The fourth-order valence-electron chi connectivity index (χ4n) is 3.18. The van der Waals surface area contributed by atoms with Gasteiger partial charge in [0.15, 0.2) is 11.5 Å². The van der Waals surface area contributed by atoms with Gasteiger partial charge in [0.25, 0.3) is 0 Å². The lowest BCUT2D eigenvalue weighted by Gasteiger charge is -2.26. The van der Waals surface area contributed by atoms with E-state index in [0.717, 1.165) is 36.4 Å². The fourth-order valence-corrected chi connectivity index (χ4v) is 3.18. The van der Waals surface area contributed by atoms with Crippen molar-refractivity contribution in [3.8, 4) is 11.5 Å². The van der Waals surface area contributed by atoms with Crippen LogP contribution in [-0.4, -0.2) is 13.2 Å². The number of ether oxygens (including phenoxy) is 2. The van der Waals surface area contributed by atoms with Crippen LogP contribution in [0.1, 0.15) is 58.8 Å². The molecule has 2 heteroatoms. The van der Waals surface area contributed by atoms with Gasteiger partial charge in [-0.1, -0.05) is 51.2 Å². The quantitative estimate of drug-likeness (QED) is 0.592. The zero-order valence-corrected chi connectivity index (χ0v) is 13.6. The molecule has 1 aliphatic carbocycles. The molecule has 0 atom stereocenters. The molecule has 2 rings (SSSR count). The Morgan fingerprint density at radius 2 is 1.62 bits per heavy atom. The van der Waals surface area contributed by atoms with Crippen LogP contribution in [0.4, 0.5) is 0 Å². The van der Waals surface area contributed by atoms with Gasteiger partial charge < -0.3 is 9.47 Å². The van der Waals surface area contributed by atoms with Crippen molar-refractivity contribution in [3.05, 3.63) is 24.3 Å². The summed E-state index contributed by atoms with van der Waals surface area (Å²) >= 11 is 0. The van der Waals surface area contributed by atoms with E-state index < -0.39 is 0 Å². The van der Waals surface area contributed by atoms with Gasteiger partial charge >= 0.3 is 0 Å². The van der Waals surface area contributed by atoms with Crippen molar-refractivity contribution in [2.24, 2.45) is 11.8 Å². The van der Waals surface area contributed by atoms with E-state index in [1.807, 2.05) is 31.2 Å². The van der Waals surface area contributed by atoms with Crippen LogP contribution in [0.5, 0.6) is 11.5 Å². The summed E-state index contributed by atoms with van der Waals surface area (Å²) in [6, 6.07) is 7.96. The molecule has 1 fully saturated rings. The van der Waals surface area contributed by atoms with Gasteiger partial charge in [0.2, 0.25) is 0 Å². The van der Waals surface area contributed by atoms with Crippen LogP contribution < -0.4 is 9.47 Å². The zero-order valence-electron chi connectivity index (χ0n) is 13.6. The summed E-state index contributed by atoms with van der Waals surface area (Å²) in [7, 11) is 0. The lowest BCUT2D eigenvalue weighted by Crippen LogP contribution is -2.12. The highest BCUT2D eigenvalue weighted by Crippen LogP contribution is 2.31. The highest BCUT2D eigenvalue weighted by molar-refractivity contribution is 5.39. The summed E-state index contributed by atoms with van der Waals surface area (Å²) in [6.45, 7) is 5.87. The number of benzene rings is 1. The molecular formula is C19H30O2. The van der Waals surface area contributed by atoms with E-state index in [1.54, 1.807) is 0 Å². The highest BCUT2D eigenvalue weighted by atomic mass is 16.5. The molecule has 1 aliphatic rings. The smallest absolute Gasteiger partial charge is 0.161 e. The maximum atomic E-state index is 5.87. The summed E-state index contributed by atoms with van der Waals surface area (Å²) in [4.78, 5) is 0. The molecule has 1 aromatic rings. The van der Waals surface area contributed by atoms with Crippen molar-refractivity contribution in [2.75, 3.05) is 13.2 Å². The molecule has 118 valence electrons. The number of unbranched alkanes of at least 4 members (excludes halogenated alkanes) is 1. The predicted molar refractivity (Wildman–Crippen MR) is 88.1 cm³/mol. The maximum absolute atomic E-state index is 5.87. The first kappa shape index (κ1) is 16.2. The maximum Gasteiger partial charge on any atom is 0.161 e. The van der Waals surface area contributed by atoms with Gasteiger partial charge in [-0.3, -0.25) is 0 Å². The molecular weight excluding hydrogens is 260 g/mol. The Morgan fingerprint density at radius 1 is 0.952 bits per heavy atom. The lowest BCUT2D eigenvalue weighted by molar-refractivity contribution is 0.249. The Hall–Kier alpha value is -1.18. The van der Waals surface area contributed by atoms with Crippen molar-refractivity contribution in [1.29, 1.82) is 0 Å². The first-order chi connectivity index (χ1) is 10.3. The van der Waals surface area contributed by atoms with Crippen LogP contribution in [0.2, 0.25) is 0 Å². The van der Waals surface area contributed by atoms with Gasteiger partial charge in [-0.2, -0.15) is 0 Å². The van der Waals surface area contributed by atoms with Gasteiger partial charge in [-0.25, -0.2) is 0 Å². The van der Waals surface area contributed by atoms with E-state index in [9.17, 15) is 0 Å². The van der Waals surface area contributed by atoms with Crippen LogP contribution in [0.25, 0.3) is 0 Å². The largest absolute Gasteiger partial charge is 0.490 e. The van der Waals surface area contributed by atoms with Gasteiger partial charge in [0, 0.05) is 0 Å². The minimum absolute atomic E-state index is 0.681. The Labute approximate surface area is 129 Å². The third kappa shape index (κ3) is 5.61. The number of hydrogen-bond donors (Lipinski definition) is 0. The standard InChI is InChI=1S/C19H30O2/c1-3-20-18-9-4-5-10-19(18)21-15-7-6-8-17-13-11-16(2)12-14-17/h4-5,9-10,16-17H,3,6-8,11-15H2,1-2H3. The van der Waals surface area contributed by atoms with E-state index in [4.69, 9.17) is 9.47 Å². The molecule has 0 saturated heterocycles. The van der Waals surface area contributed by atoms with E-state index in [1.165, 1.54) is 38.5 Å². The van der Waals surface area contributed by atoms with Crippen LogP contribution in [0, 0.1) is 11.8 Å². The van der Waals surface area contributed by atoms with Gasteiger partial charge in [0.1, 0.15) is 0 Å². The van der Waals surface area contributed by atoms with Crippen LogP contribution >= 0.6 is 0 Å². The van der Waals surface area contributed by atoms with Gasteiger partial charge in [-0.15, -0.1) is 0 Å². The zero-order chi connectivity index (χ0) is 14.9. The average Bonchev–Trinajstić information content (AvgIpc) is 2.51. The van der Waals surface area contributed by atoms with Crippen molar-refractivity contribution in [3.63, 3.8) is 0 Å². The predicted octanol–water partition coefficient (Wildman–Crippen LogP) is 5.46. The molecule has 2 nitrogen and oxygen atoms in total. The van der Waals surface area contributed by atoms with E-state index in [0.29, 0.717) is 6.61 Å². The molecule has 0 amide bonds. The van der Waals surface area contributed by atoms with Crippen LogP contribution in [0.3, 0.4) is 0 Å². The highest BCUT2D eigenvalue weighted by Gasteiger charge is 2.17. The molecule has 0 heterocycles. The second kappa shape index (κ2) is 8.96. The first-order valence-corrected chi connectivity index (χ1v) is 8.64. The number of para-hydroxylation sites is 2. The topological polar surface area (TPSA) is 18.5 Å². The molecule has 21 heavy (non-hydrogen) atoms. The molecule has 0 unspecified atom stereocenters. The molecule has 1 aromatic carbocycles. The molecule has 0 bridgehead atoms. The minimum Gasteiger partial charge on any atom is -0.490 e. The molecule has 0 N–H and O–H groups in total. The Morgan fingerprint density at radius 3 is 2.29 bits per heavy atom. The molecule has 1 saturated carbocycles. The third-order valence-corrected chi connectivity index (χ3v) is 4.55. The molecule has 0 aliphatic heterocycles. The normalized spacial score (nSPS) is 22.0. The Balaban J connectivity index is 1.61. The second-order valence-corrected chi connectivity index (χ2v) is 6.35. The monoisotopic (exact) mass is 290 g/mol. The van der Waals surface area contributed by atoms with Gasteiger partial charge in [-0.05, 0) is 43.7 Å². The van der Waals surface area contributed by atoms with E-state index >= 15 is 0 Å². The van der Waals surface area contributed by atoms with Crippen molar-refractivity contribution in [1.82, 2.24) is 0 Å². The molecule has 0 radical (unpaired) electrons. The summed E-state index contributed by atoms with van der Waals surface area (Å²) in [6.07, 6.45) is 9.56. The summed E-state index contributed by atoms with van der Waals surface area (Å²) in [5.74, 6) is 3.67. The number of rotatable bonds is 8. The van der Waals surface area contributed by atoms with Crippen molar-refractivity contribution < 1.29 is 9.47 Å². The van der Waals surface area contributed by atoms with Crippen LogP contribution in [-0.2, 0) is 0 Å². The van der Waals surface area contributed by atoms with Crippen LogP contribution in [0.15, 0.2) is 24.3 Å². The Kier molecular flexibility index (Phi) is 6.91. The van der Waals surface area contributed by atoms with Crippen molar-refractivity contribution in [2.45, 2.75) is 58.8 Å². The minimum atomic E-state index is 0.681. The lowest BCUT2D eigenvalue weighted by atomic mass is 9.81. The molecule has 0 spiro atoms. The van der Waals surface area contributed by atoms with E-state index in [-0.39, 0.29) is 0 Å². The second-order valence-electron chi connectivity index (χ2n) is 6.35. The van der Waals surface area contributed by atoms with Crippen molar-refractivity contribution >= 4 is 0 Å². The Bertz CT molecular complexity index is 394. The summed E-state index contributed by atoms with van der Waals surface area (Å²) < 4.78 is 11.4. The number of hydrogen-bond acceptors (Lipinski definition) is 2. The first-order valence-electron chi connectivity index (χ1n) is 8.64. The third-order valence-electron chi connectivity index (χ3n) is 4.55. The fraction of sp³-hybridized carbons (Fsp3) is 0.684. The van der Waals surface area contributed by atoms with Gasteiger partial charge in [0.05, 0.1) is 13.2 Å². The summed E-state index contributed by atoms with van der Waals surface area (Å²) in [5, 5.41) is 0. The van der Waals surface area contributed by atoms with E-state index in [2.05, 4.69) is 6.92 Å².